The first-order valence-electron chi connectivity index (χ1n) is 5.44. The van der Waals surface area contributed by atoms with Crippen LogP contribution in [0.3, 0.4) is 0 Å². The molecule has 5 heteroatoms. The lowest BCUT2D eigenvalue weighted by atomic mass is 10.0. The Morgan fingerprint density at radius 2 is 2.12 bits per heavy atom. The molecule has 2 rings (SSSR count). The highest BCUT2D eigenvalue weighted by Crippen LogP contribution is 2.17. The van der Waals surface area contributed by atoms with Gasteiger partial charge in [-0.25, -0.2) is 4.79 Å². The molecule has 3 N–H and O–H groups in total. The van der Waals surface area contributed by atoms with Gasteiger partial charge < -0.3 is 15.8 Å². The van der Waals surface area contributed by atoms with Gasteiger partial charge in [-0.15, -0.1) is 0 Å². The Morgan fingerprint density at radius 3 is 2.76 bits per heavy atom. The van der Waals surface area contributed by atoms with Crippen LogP contribution in [0.15, 0.2) is 30.3 Å². The molecule has 5 nitrogen and oxygen atoms in total. The molecule has 17 heavy (non-hydrogen) atoms. The molecule has 2 amide bonds. The van der Waals surface area contributed by atoms with Gasteiger partial charge in [0.15, 0.2) is 0 Å². The lowest BCUT2D eigenvalue weighted by Crippen LogP contribution is -2.37. The Labute approximate surface area is 98.9 Å². The van der Waals surface area contributed by atoms with Crippen LogP contribution in [0.5, 0.6) is 0 Å². The highest BCUT2D eigenvalue weighted by Gasteiger charge is 2.34. The van der Waals surface area contributed by atoms with Crippen LogP contribution in [-0.4, -0.2) is 24.1 Å². The molecule has 1 aliphatic rings. The van der Waals surface area contributed by atoms with Crippen molar-refractivity contribution >= 4 is 12.0 Å². The van der Waals surface area contributed by atoms with Crippen molar-refractivity contribution in [3.05, 3.63) is 35.9 Å². The van der Waals surface area contributed by atoms with E-state index >= 15 is 0 Å². The molecule has 2 atom stereocenters. The van der Waals surface area contributed by atoms with Gasteiger partial charge in [-0.05, 0) is 12.0 Å². The van der Waals surface area contributed by atoms with Crippen LogP contribution < -0.4 is 11.1 Å². The fourth-order valence-corrected chi connectivity index (χ4v) is 2.01. The van der Waals surface area contributed by atoms with Crippen molar-refractivity contribution < 1.29 is 14.3 Å². The minimum atomic E-state index is -0.843. The van der Waals surface area contributed by atoms with Gasteiger partial charge >= 0.3 is 6.09 Å². The van der Waals surface area contributed by atoms with E-state index in [2.05, 4.69) is 5.32 Å². The Morgan fingerprint density at radius 1 is 1.41 bits per heavy atom. The van der Waals surface area contributed by atoms with E-state index in [0.717, 1.165) is 5.56 Å². The Bertz CT molecular complexity index is 419. The molecule has 0 unspecified atom stereocenters. The highest BCUT2D eigenvalue weighted by molar-refractivity contribution is 5.80. The van der Waals surface area contributed by atoms with Gasteiger partial charge in [0.1, 0.15) is 6.10 Å². The normalized spacial score (nSPS) is 23.2. The lowest BCUT2D eigenvalue weighted by molar-refractivity contribution is -0.119. The molecule has 0 radical (unpaired) electrons. The van der Waals surface area contributed by atoms with Gasteiger partial charge in [-0.1, -0.05) is 30.3 Å². The number of carbonyl (C=O) groups is 2. The first-order valence-corrected chi connectivity index (χ1v) is 5.44. The molecule has 0 bridgehead atoms. The molecule has 1 saturated heterocycles. The number of ether oxygens (including phenoxy) is 1. The van der Waals surface area contributed by atoms with Crippen LogP contribution >= 0.6 is 0 Å². The lowest BCUT2D eigenvalue weighted by Gasteiger charge is -2.18. The topological polar surface area (TPSA) is 81.4 Å². The number of amides is 2. The van der Waals surface area contributed by atoms with E-state index in [1.807, 2.05) is 30.3 Å². The quantitative estimate of drug-likeness (QED) is 0.802. The molecule has 0 aliphatic carbocycles. The highest BCUT2D eigenvalue weighted by atomic mass is 16.6. The van der Waals surface area contributed by atoms with Crippen molar-refractivity contribution in [1.82, 2.24) is 5.32 Å². The summed E-state index contributed by atoms with van der Waals surface area (Å²) in [6, 6.07) is 9.51. The summed E-state index contributed by atoms with van der Waals surface area (Å²) in [5.74, 6) is -0.114. The second kappa shape index (κ2) is 4.86. The Kier molecular flexibility index (Phi) is 3.27. The summed E-state index contributed by atoms with van der Waals surface area (Å²) in [7, 11) is 0. The smallest absolute Gasteiger partial charge is 0.404 e. The number of benzene rings is 1. The molecule has 0 saturated carbocycles. The van der Waals surface area contributed by atoms with Gasteiger partial charge in [0.25, 0.3) is 0 Å². The number of primary amides is 1. The van der Waals surface area contributed by atoms with Crippen molar-refractivity contribution in [3.63, 3.8) is 0 Å². The fraction of sp³-hybridized carbons (Fsp3) is 0.333. The predicted molar refractivity (Wildman–Crippen MR) is 61.2 cm³/mol. The van der Waals surface area contributed by atoms with Crippen molar-refractivity contribution in [2.75, 3.05) is 0 Å². The minimum absolute atomic E-state index is 0.114. The van der Waals surface area contributed by atoms with Crippen LogP contribution in [0.4, 0.5) is 4.79 Å². The van der Waals surface area contributed by atoms with E-state index in [4.69, 9.17) is 10.5 Å². The summed E-state index contributed by atoms with van der Waals surface area (Å²) in [5, 5.41) is 2.79. The van der Waals surface area contributed by atoms with Gasteiger partial charge in [0, 0.05) is 0 Å². The SMILES string of the molecule is NC(=O)O[C@H]1CC(=O)N[C@@H]1Cc1ccccc1. The third kappa shape index (κ3) is 2.96. The molecule has 0 aromatic heterocycles. The largest absolute Gasteiger partial charge is 0.444 e. The molecule has 1 aromatic carbocycles. The summed E-state index contributed by atoms with van der Waals surface area (Å²) < 4.78 is 4.92. The van der Waals surface area contributed by atoms with Crippen molar-refractivity contribution in [2.24, 2.45) is 5.73 Å². The van der Waals surface area contributed by atoms with Crippen LogP contribution in [0, 0.1) is 0 Å². The molecular formula is C12H14N2O3. The average molecular weight is 234 g/mol. The number of nitrogens with two attached hydrogens (primary N) is 1. The maximum Gasteiger partial charge on any atom is 0.404 e. The molecule has 1 aromatic rings. The molecule has 1 aliphatic heterocycles. The molecule has 90 valence electrons. The number of hydrogen-bond donors (Lipinski definition) is 2. The maximum absolute atomic E-state index is 11.3. The monoisotopic (exact) mass is 234 g/mol. The summed E-state index contributed by atoms with van der Waals surface area (Å²) in [6.45, 7) is 0. The number of nitrogens with one attached hydrogen (secondary N) is 1. The molecular weight excluding hydrogens is 220 g/mol. The second-order valence-electron chi connectivity index (χ2n) is 4.04. The first kappa shape index (κ1) is 11.4. The minimum Gasteiger partial charge on any atom is -0.444 e. The zero-order valence-corrected chi connectivity index (χ0v) is 9.26. The van der Waals surface area contributed by atoms with E-state index in [9.17, 15) is 9.59 Å². The summed E-state index contributed by atoms with van der Waals surface area (Å²) in [5.41, 5.74) is 6.05. The summed E-state index contributed by atoms with van der Waals surface area (Å²) in [6.07, 6.45) is -0.505. The molecule has 0 spiro atoms. The van der Waals surface area contributed by atoms with Crippen LogP contribution in [0.25, 0.3) is 0 Å². The number of rotatable bonds is 3. The fourth-order valence-electron chi connectivity index (χ4n) is 2.01. The Balaban J connectivity index is 2.03. The van der Waals surface area contributed by atoms with Gasteiger partial charge in [0.05, 0.1) is 12.5 Å². The van der Waals surface area contributed by atoms with Crippen molar-refractivity contribution in [1.29, 1.82) is 0 Å². The zero-order valence-electron chi connectivity index (χ0n) is 9.26. The third-order valence-electron chi connectivity index (χ3n) is 2.75. The van der Waals surface area contributed by atoms with Crippen LogP contribution in [0.2, 0.25) is 0 Å². The van der Waals surface area contributed by atoms with Crippen molar-refractivity contribution in [3.8, 4) is 0 Å². The third-order valence-corrected chi connectivity index (χ3v) is 2.75. The Hall–Kier alpha value is -2.04. The standard InChI is InChI=1S/C12H14N2O3/c13-12(16)17-10-7-11(15)14-9(10)6-8-4-2-1-3-5-8/h1-5,9-10H,6-7H2,(H2,13,16)(H,14,15)/t9-,10+/m1/s1. The van der Waals surface area contributed by atoms with E-state index in [-0.39, 0.29) is 18.4 Å². The second-order valence-corrected chi connectivity index (χ2v) is 4.04. The van der Waals surface area contributed by atoms with E-state index in [1.54, 1.807) is 0 Å². The van der Waals surface area contributed by atoms with Crippen LogP contribution in [-0.2, 0) is 16.0 Å². The van der Waals surface area contributed by atoms with E-state index in [1.165, 1.54) is 0 Å². The van der Waals surface area contributed by atoms with Gasteiger partial charge in [-0.3, -0.25) is 4.79 Å². The average Bonchev–Trinajstić information content (AvgIpc) is 2.59. The predicted octanol–water partition coefficient (Wildman–Crippen LogP) is 0.581. The number of carbonyl (C=O) groups excluding carboxylic acids is 2. The van der Waals surface area contributed by atoms with Crippen molar-refractivity contribution in [2.45, 2.75) is 25.0 Å². The van der Waals surface area contributed by atoms with Crippen LogP contribution in [0.1, 0.15) is 12.0 Å². The first-order chi connectivity index (χ1) is 8.15. The zero-order chi connectivity index (χ0) is 12.3. The molecule has 1 heterocycles. The molecule has 1 fully saturated rings. The summed E-state index contributed by atoms with van der Waals surface area (Å²) >= 11 is 0. The van der Waals surface area contributed by atoms with E-state index < -0.39 is 12.2 Å². The maximum atomic E-state index is 11.3. The van der Waals surface area contributed by atoms with Gasteiger partial charge in [-0.2, -0.15) is 0 Å². The van der Waals surface area contributed by atoms with E-state index in [0.29, 0.717) is 6.42 Å². The number of hydrogen-bond acceptors (Lipinski definition) is 3. The summed E-state index contributed by atoms with van der Waals surface area (Å²) in [4.78, 5) is 22.0. The van der Waals surface area contributed by atoms with Gasteiger partial charge in [0.2, 0.25) is 5.91 Å².